The van der Waals surface area contributed by atoms with E-state index in [1.807, 2.05) is 0 Å². The maximum absolute atomic E-state index is 11.4. The highest BCUT2D eigenvalue weighted by Crippen LogP contribution is 2.11. The number of ether oxygens (including phenoxy) is 1. The smallest absolute Gasteiger partial charge is 0.239 e. The summed E-state index contributed by atoms with van der Waals surface area (Å²) in [4.78, 5) is 15.3. The fraction of sp³-hybridized carbons (Fsp3) is 0.400. The molecule has 6 heteroatoms. The number of methoxy groups -OCH3 is 1. The Hall–Kier alpha value is -1.17. The van der Waals surface area contributed by atoms with Gasteiger partial charge in [0.1, 0.15) is 5.82 Å². The van der Waals surface area contributed by atoms with E-state index in [4.69, 9.17) is 16.3 Å². The first-order valence-electron chi connectivity index (χ1n) is 4.83. The molecule has 0 spiro atoms. The van der Waals surface area contributed by atoms with Gasteiger partial charge in [-0.2, -0.15) is 0 Å². The van der Waals surface area contributed by atoms with Gasteiger partial charge in [0.05, 0.1) is 13.2 Å². The number of aromatic nitrogens is 1. The van der Waals surface area contributed by atoms with Crippen molar-refractivity contribution in [3.63, 3.8) is 0 Å². The van der Waals surface area contributed by atoms with Crippen LogP contribution in [0.25, 0.3) is 0 Å². The average molecular weight is 244 g/mol. The predicted molar refractivity (Wildman–Crippen MR) is 62.6 cm³/mol. The van der Waals surface area contributed by atoms with Crippen LogP contribution >= 0.6 is 11.6 Å². The summed E-state index contributed by atoms with van der Waals surface area (Å²) in [6.07, 6.45) is 1.54. The van der Waals surface area contributed by atoms with Crippen LogP contribution in [0.5, 0.6) is 0 Å². The first-order chi connectivity index (χ1) is 7.72. The van der Waals surface area contributed by atoms with E-state index in [2.05, 4.69) is 15.6 Å². The Morgan fingerprint density at radius 3 is 3.12 bits per heavy atom. The van der Waals surface area contributed by atoms with Crippen LogP contribution in [0, 0.1) is 0 Å². The van der Waals surface area contributed by atoms with Crippen molar-refractivity contribution in [1.82, 2.24) is 10.3 Å². The summed E-state index contributed by atoms with van der Waals surface area (Å²) in [7, 11) is 1.61. The van der Waals surface area contributed by atoms with Crippen LogP contribution in [0.15, 0.2) is 18.3 Å². The number of pyridine rings is 1. The van der Waals surface area contributed by atoms with E-state index in [1.54, 1.807) is 19.2 Å². The number of hydrogen-bond acceptors (Lipinski definition) is 4. The van der Waals surface area contributed by atoms with Gasteiger partial charge in [-0.3, -0.25) is 4.79 Å². The number of anilines is 1. The minimum atomic E-state index is -0.161. The SMILES string of the molecule is COCCNCC(=O)Nc1cc(Cl)ccn1. The molecule has 16 heavy (non-hydrogen) atoms. The molecule has 0 saturated carbocycles. The maximum atomic E-state index is 11.4. The summed E-state index contributed by atoms with van der Waals surface area (Å²) < 4.78 is 4.83. The highest BCUT2D eigenvalue weighted by Gasteiger charge is 2.02. The zero-order chi connectivity index (χ0) is 11.8. The van der Waals surface area contributed by atoms with Gasteiger partial charge in [-0.25, -0.2) is 4.98 Å². The summed E-state index contributed by atoms with van der Waals surface area (Å²) in [5.74, 6) is 0.289. The molecule has 0 radical (unpaired) electrons. The van der Waals surface area contributed by atoms with Crippen LogP contribution in [0.1, 0.15) is 0 Å². The summed E-state index contributed by atoms with van der Waals surface area (Å²) >= 11 is 5.75. The van der Waals surface area contributed by atoms with Crippen molar-refractivity contribution in [1.29, 1.82) is 0 Å². The van der Waals surface area contributed by atoms with Gasteiger partial charge >= 0.3 is 0 Å². The number of carbonyl (C=O) groups is 1. The molecule has 0 atom stereocenters. The fourth-order valence-electron chi connectivity index (χ4n) is 1.04. The molecule has 0 saturated heterocycles. The molecule has 1 aromatic heterocycles. The van der Waals surface area contributed by atoms with Gasteiger partial charge < -0.3 is 15.4 Å². The first kappa shape index (κ1) is 12.9. The normalized spacial score (nSPS) is 10.1. The minimum absolute atomic E-state index is 0.161. The Bertz CT molecular complexity index is 347. The van der Waals surface area contributed by atoms with E-state index in [0.29, 0.717) is 24.0 Å². The van der Waals surface area contributed by atoms with E-state index in [0.717, 1.165) is 0 Å². The van der Waals surface area contributed by atoms with E-state index in [1.165, 1.54) is 6.20 Å². The summed E-state index contributed by atoms with van der Waals surface area (Å²) in [6.45, 7) is 1.42. The molecule has 1 aromatic rings. The van der Waals surface area contributed by atoms with Gasteiger partial charge in [0.15, 0.2) is 0 Å². The number of hydrogen-bond donors (Lipinski definition) is 2. The summed E-state index contributed by atoms with van der Waals surface area (Å²) in [5.41, 5.74) is 0. The Morgan fingerprint density at radius 2 is 2.44 bits per heavy atom. The molecule has 0 aliphatic heterocycles. The van der Waals surface area contributed by atoms with Crippen molar-refractivity contribution in [2.24, 2.45) is 0 Å². The zero-order valence-corrected chi connectivity index (χ0v) is 9.75. The molecule has 5 nitrogen and oxygen atoms in total. The highest BCUT2D eigenvalue weighted by molar-refractivity contribution is 6.30. The lowest BCUT2D eigenvalue weighted by Crippen LogP contribution is -2.30. The molecule has 1 heterocycles. The third-order valence-corrected chi connectivity index (χ3v) is 1.99. The Labute approximate surface area is 99.2 Å². The molecule has 0 fully saturated rings. The quantitative estimate of drug-likeness (QED) is 0.729. The van der Waals surface area contributed by atoms with Gasteiger partial charge in [-0.1, -0.05) is 11.6 Å². The predicted octanol–water partition coefficient (Wildman–Crippen LogP) is 0.909. The zero-order valence-electron chi connectivity index (χ0n) is 9.00. The number of nitrogens with one attached hydrogen (secondary N) is 2. The van der Waals surface area contributed by atoms with Crippen molar-refractivity contribution in [3.8, 4) is 0 Å². The Kier molecular flexibility index (Phi) is 5.77. The molecular weight excluding hydrogens is 230 g/mol. The number of halogens is 1. The number of nitrogens with zero attached hydrogens (tertiary/aromatic N) is 1. The maximum Gasteiger partial charge on any atom is 0.239 e. The van der Waals surface area contributed by atoms with E-state index in [9.17, 15) is 4.79 Å². The molecule has 0 aliphatic rings. The van der Waals surface area contributed by atoms with Crippen LogP contribution < -0.4 is 10.6 Å². The molecular formula is C10H14ClN3O2. The summed E-state index contributed by atoms with van der Waals surface area (Å²) in [6, 6.07) is 3.24. The highest BCUT2D eigenvalue weighted by atomic mass is 35.5. The number of carbonyl (C=O) groups excluding carboxylic acids is 1. The number of rotatable bonds is 6. The van der Waals surface area contributed by atoms with Gasteiger partial charge in [-0.05, 0) is 12.1 Å². The summed E-state index contributed by atoms with van der Waals surface area (Å²) in [5, 5.41) is 6.08. The van der Waals surface area contributed by atoms with Gasteiger partial charge in [-0.15, -0.1) is 0 Å². The lowest BCUT2D eigenvalue weighted by molar-refractivity contribution is -0.115. The van der Waals surface area contributed by atoms with Crippen LogP contribution in [0.2, 0.25) is 5.02 Å². The van der Waals surface area contributed by atoms with Crippen LogP contribution in [0.4, 0.5) is 5.82 Å². The van der Waals surface area contributed by atoms with Gasteiger partial charge in [0.2, 0.25) is 5.91 Å². The van der Waals surface area contributed by atoms with Gasteiger partial charge in [0.25, 0.3) is 0 Å². The van der Waals surface area contributed by atoms with Crippen LogP contribution in [-0.4, -0.2) is 37.7 Å². The standard InChI is InChI=1S/C10H14ClN3O2/c1-16-5-4-12-7-10(15)14-9-6-8(11)2-3-13-9/h2-3,6,12H,4-5,7H2,1H3,(H,13,14,15). The molecule has 1 amide bonds. The second kappa shape index (κ2) is 7.16. The van der Waals surface area contributed by atoms with E-state index < -0.39 is 0 Å². The van der Waals surface area contributed by atoms with Crippen molar-refractivity contribution in [2.45, 2.75) is 0 Å². The van der Waals surface area contributed by atoms with Crippen molar-refractivity contribution < 1.29 is 9.53 Å². The van der Waals surface area contributed by atoms with Crippen molar-refractivity contribution >= 4 is 23.3 Å². The van der Waals surface area contributed by atoms with Crippen molar-refractivity contribution in [3.05, 3.63) is 23.4 Å². The Balaban J connectivity index is 2.29. The topological polar surface area (TPSA) is 63.2 Å². The molecule has 0 aliphatic carbocycles. The Morgan fingerprint density at radius 1 is 1.62 bits per heavy atom. The molecule has 88 valence electrons. The fourth-order valence-corrected chi connectivity index (χ4v) is 1.20. The molecule has 0 bridgehead atoms. The lowest BCUT2D eigenvalue weighted by atomic mass is 10.4. The van der Waals surface area contributed by atoms with Crippen LogP contribution in [-0.2, 0) is 9.53 Å². The second-order valence-electron chi connectivity index (χ2n) is 3.08. The van der Waals surface area contributed by atoms with E-state index in [-0.39, 0.29) is 12.5 Å². The molecule has 2 N–H and O–H groups in total. The largest absolute Gasteiger partial charge is 0.383 e. The monoisotopic (exact) mass is 243 g/mol. The van der Waals surface area contributed by atoms with Crippen LogP contribution in [0.3, 0.4) is 0 Å². The third-order valence-electron chi connectivity index (χ3n) is 1.76. The first-order valence-corrected chi connectivity index (χ1v) is 5.21. The number of amides is 1. The molecule has 1 rings (SSSR count). The lowest BCUT2D eigenvalue weighted by Gasteiger charge is -2.05. The molecule has 0 unspecified atom stereocenters. The second-order valence-corrected chi connectivity index (χ2v) is 3.51. The van der Waals surface area contributed by atoms with Gasteiger partial charge in [0, 0.05) is 24.9 Å². The van der Waals surface area contributed by atoms with E-state index >= 15 is 0 Å². The van der Waals surface area contributed by atoms with Crippen molar-refractivity contribution in [2.75, 3.05) is 32.1 Å². The third kappa shape index (κ3) is 5.06. The minimum Gasteiger partial charge on any atom is -0.383 e. The average Bonchev–Trinajstić information content (AvgIpc) is 2.24. The molecule has 0 aromatic carbocycles.